The minimum absolute atomic E-state index is 0.0607. The Kier molecular flexibility index (Phi) is 5.65. The number of ketones is 1. The van der Waals surface area contributed by atoms with Crippen LogP contribution in [-0.2, 0) is 16.0 Å². The fourth-order valence-electron chi connectivity index (χ4n) is 1.41. The fourth-order valence-corrected chi connectivity index (χ4v) is 2.07. The lowest BCUT2D eigenvalue weighted by molar-refractivity contribution is -0.116. The van der Waals surface area contributed by atoms with E-state index in [1.807, 2.05) is 0 Å². The fraction of sp³-hybridized carbons (Fsp3) is 0.333. The van der Waals surface area contributed by atoms with Crippen LogP contribution in [0.5, 0.6) is 0 Å². The lowest BCUT2D eigenvalue weighted by atomic mass is 10.0. The number of hydrogen-bond donors (Lipinski definition) is 0. The number of carbonyl (C=O) groups is 2. The lowest BCUT2D eigenvalue weighted by Gasteiger charge is -2.09. The average Bonchev–Trinajstić information content (AvgIpc) is 2.29. The Morgan fingerprint density at radius 1 is 1.41 bits per heavy atom. The van der Waals surface area contributed by atoms with Gasteiger partial charge in [0.1, 0.15) is 0 Å². The van der Waals surface area contributed by atoms with E-state index >= 15 is 0 Å². The zero-order valence-electron chi connectivity index (χ0n) is 9.33. The molecule has 1 aromatic rings. The minimum Gasteiger partial charge on any atom is -0.462 e. The Bertz CT molecular complexity index is 432. The highest BCUT2D eigenvalue weighted by molar-refractivity contribution is 9.10. The maximum Gasteiger partial charge on any atom is 0.339 e. The molecule has 5 heteroatoms. The van der Waals surface area contributed by atoms with Crippen LogP contribution in [0.4, 0.5) is 0 Å². The van der Waals surface area contributed by atoms with Gasteiger partial charge in [-0.15, -0.1) is 11.6 Å². The van der Waals surface area contributed by atoms with Crippen LogP contribution in [0, 0.1) is 0 Å². The Morgan fingerprint density at radius 3 is 2.71 bits per heavy atom. The first-order valence-electron chi connectivity index (χ1n) is 5.12. The Morgan fingerprint density at radius 2 is 2.12 bits per heavy atom. The number of esters is 1. The second-order valence-corrected chi connectivity index (χ2v) is 4.47. The Labute approximate surface area is 113 Å². The van der Waals surface area contributed by atoms with Crippen molar-refractivity contribution >= 4 is 39.3 Å². The van der Waals surface area contributed by atoms with Gasteiger partial charge in [-0.1, -0.05) is 12.1 Å². The molecule has 0 spiro atoms. The Hall–Kier alpha value is -0.870. The van der Waals surface area contributed by atoms with Crippen LogP contribution in [-0.4, -0.2) is 24.2 Å². The monoisotopic (exact) mass is 318 g/mol. The molecule has 1 rings (SSSR count). The first kappa shape index (κ1) is 14.2. The highest BCUT2D eigenvalue weighted by atomic mass is 79.9. The van der Waals surface area contributed by atoms with Crippen LogP contribution in [0.1, 0.15) is 22.8 Å². The topological polar surface area (TPSA) is 43.4 Å². The van der Waals surface area contributed by atoms with Gasteiger partial charge in [0, 0.05) is 10.9 Å². The molecule has 0 aliphatic carbocycles. The van der Waals surface area contributed by atoms with Gasteiger partial charge in [-0.25, -0.2) is 4.79 Å². The second kappa shape index (κ2) is 6.77. The molecule has 0 aliphatic rings. The van der Waals surface area contributed by atoms with E-state index in [1.165, 1.54) is 0 Å². The van der Waals surface area contributed by atoms with Crippen molar-refractivity contribution < 1.29 is 14.3 Å². The van der Waals surface area contributed by atoms with Crippen LogP contribution < -0.4 is 0 Å². The van der Waals surface area contributed by atoms with Gasteiger partial charge in [0.2, 0.25) is 0 Å². The highest BCUT2D eigenvalue weighted by Gasteiger charge is 2.17. The zero-order valence-corrected chi connectivity index (χ0v) is 11.7. The molecular weight excluding hydrogens is 307 g/mol. The molecule has 0 N–H and O–H groups in total. The molecule has 0 unspecified atom stereocenters. The van der Waals surface area contributed by atoms with Crippen LogP contribution in [0.25, 0.3) is 0 Å². The number of alkyl halides is 1. The van der Waals surface area contributed by atoms with Crippen molar-refractivity contribution in [3.63, 3.8) is 0 Å². The molecule has 0 saturated heterocycles. The van der Waals surface area contributed by atoms with Gasteiger partial charge in [0.15, 0.2) is 5.78 Å². The third kappa shape index (κ3) is 3.82. The molecule has 0 aliphatic heterocycles. The number of hydrogen-bond acceptors (Lipinski definition) is 3. The summed E-state index contributed by atoms with van der Waals surface area (Å²) in [5.41, 5.74) is 1.02. The van der Waals surface area contributed by atoms with Crippen molar-refractivity contribution in [3.8, 4) is 0 Å². The van der Waals surface area contributed by atoms with Crippen molar-refractivity contribution in [2.24, 2.45) is 0 Å². The van der Waals surface area contributed by atoms with Gasteiger partial charge in [0.25, 0.3) is 0 Å². The number of carbonyl (C=O) groups excluding carboxylic acids is 2. The van der Waals surface area contributed by atoms with Gasteiger partial charge in [-0.2, -0.15) is 0 Å². The molecule has 1 aromatic carbocycles. The van der Waals surface area contributed by atoms with E-state index in [4.69, 9.17) is 16.3 Å². The molecule has 0 atom stereocenters. The molecule has 0 fully saturated rings. The van der Waals surface area contributed by atoms with Gasteiger partial charge in [0.05, 0.1) is 18.1 Å². The minimum atomic E-state index is -0.433. The molecule has 0 amide bonds. The number of halogens is 2. The molecule has 3 nitrogen and oxygen atoms in total. The predicted molar refractivity (Wildman–Crippen MR) is 69.5 cm³/mol. The van der Waals surface area contributed by atoms with Crippen molar-refractivity contribution in [3.05, 3.63) is 33.8 Å². The zero-order chi connectivity index (χ0) is 12.8. The van der Waals surface area contributed by atoms with E-state index in [2.05, 4.69) is 15.9 Å². The van der Waals surface area contributed by atoms with Gasteiger partial charge in [-0.3, -0.25) is 4.79 Å². The summed E-state index contributed by atoms with van der Waals surface area (Å²) in [5, 5.41) is 0. The van der Waals surface area contributed by atoms with Gasteiger partial charge < -0.3 is 4.74 Å². The summed E-state index contributed by atoms with van der Waals surface area (Å²) in [5.74, 6) is -0.623. The number of rotatable bonds is 5. The maximum absolute atomic E-state index is 11.8. The van der Waals surface area contributed by atoms with Gasteiger partial charge in [-0.05, 0) is 34.5 Å². The van der Waals surface area contributed by atoms with E-state index in [0.29, 0.717) is 22.2 Å². The molecule has 0 radical (unpaired) electrons. The van der Waals surface area contributed by atoms with E-state index in [9.17, 15) is 9.59 Å². The summed E-state index contributed by atoms with van der Waals surface area (Å²) >= 11 is 8.74. The molecule has 0 heterocycles. The summed E-state index contributed by atoms with van der Waals surface area (Å²) < 4.78 is 5.57. The molecule has 17 heavy (non-hydrogen) atoms. The molecule has 0 bridgehead atoms. The van der Waals surface area contributed by atoms with Crippen LogP contribution in [0.15, 0.2) is 22.7 Å². The maximum atomic E-state index is 11.8. The molecule has 92 valence electrons. The number of Topliss-reactive ketones (excluding diaryl/α,β-unsaturated/α-hetero) is 1. The normalized spacial score (nSPS) is 10.1. The van der Waals surface area contributed by atoms with Crippen LogP contribution >= 0.6 is 27.5 Å². The SMILES string of the molecule is CCOC(=O)c1c(Br)cccc1CC(=O)CCl. The van der Waals surface area contributed by atoms with E-state index < -0.39 is 5.97 Å². The second-order valence-electron chi connectivity index (χ2n) is 3.34. The summed E-state index contributed by atoms with van der Waals surface area (Å²) in [7, 11) is 0. The van der Waals surface area contributed by atoms with Crippen molar-refractivity contribution in [2.75, 3.05) is 12.5 Å². The van der Waals surface area contributed by atoms with Crippen LogP contribution in [0.3, 0.4) is 0 Å². The molecule has 0 aromatic heterocycles. The highest BCUT2D eigenvalue weighted by Crippen LogP contribution is 2.22. The predicted octanol–water partition coefficient (Wildman–Crippen LogP) is 2.98. The average molecular weight is 320 g/mol. The largest absolute Gasteiger partial charge is 0.462 e. The van der Waals surface area contributed by atoms with E-state index in [0.717, 1.165) is 0 Å². The third-order valence-electron chi connectivity index (χ3n) is 2.12. The summed E-state index contributed by atoms with van der Waals surface area (Å²) in [6, 6.07) is 5.23. The van der Waals surface area contributed by atoms with Crippen molar-refractivity contribution in [1.82, 2.24) is 0 Å². The summed E-state index contributed by atoms with van der Waals surface area (Å²) in [6.45, 7) is 2.03. The summed E-state index contributed by atoms with van der Waals surface area (Å²) in [4.78, 5) is 23.1. The quantitative estimate of drug-likeness (QED) is 0.619. The standard InChI is InChI=1S/C12H12BrClO3/c1-2-17-12(16)11-8(6-9(15)7-14)4-3-5-10(11)13/h3-5H,2,6-7H2,1H3. The number of ether oxygens (including phenoxy) is 1. The third-order valence-corrected chi connectivity index (χ3v) is 3.08. The first-order chi connectivity index (χ1) is 8.10. The number of benzene rings is 1. The Balaban J connectivity index is 3.08. The lowest BCUT2D eigenvalue weighted by Crippen LogP contribution is -2.12. The molecule has 0 saturated carbocycles. The summed E-state index contributed by atoms with van der Waals surface area (Å²) in [6.07, 6.45) is 0.136. The van der Waals surface area contributed by atoms with Gasteiger partial charge >= 0.3 is 5.97 Å². The smallest absolute Gasteiger partial charge is 0.339 e. The van der Waals surface area contributed by atoms with E-state index in [-0.39, 0.29) is 18.1 Å². The molecular formula is C12H12BrClO3. The van der Waals surface area contributed by atoms with Crippen LogP contribution in [0.2, 0.25) is 0 Å². The van der Waals surface area contributed by atoms with E-state index in [1.54, 1.807) is 25.1 Å². The van der Waals surface area contributed by atoms with Crippen molar-refractivity contribution in [2.45, 2.75) is 13.3 Å². The van der Waals surface area contributed by atoms with Crippen molar-refractivity contribution in [1.29, 1.82) is 0 Å². The first-order valence-corrected chi connectivity index (χ1v) is 6.45.